The van der Waals surface area contributed by atoms with Gasteiger partial charge in [0, 0.05) is 22.5 Å². The minimum atomic E-state index is -0.427. The van der Waals surface area contributed by atoms with E-state index in [2.05, 4.69) is 5.32 Å². The van der Waals surface area contributed by atoms with Gasteiger partial charge < -0.3 is 10.1 Å². The second-order valence-corrected chi connectivity index (χ2v) is 6.70. The SMILES string of the molecule is CCOc1ccc(N2C(=O)c3ccccc3[C@@H]2Nc2ccc(C)c(F)c2)cc1. The number of nitrogens with one attached hydrogen (secondary N) is 1. The number of amides is 1. The van der Waals surface area contributed by atoms with Crippen LogP contribution in [-0.2, 0) is 0 Å². The molecule has 1 amide bonds. The molecule has 1 aliphatic rings. The lowest BCUT2D eigenvalue weighted by Crippen LogP contribution is -2.32. The lowest BCUT2D eigenvalue weighted by Gasteiger charge is -2.27. The summed E-state index contributed by atoms with van der Waals surface area (Å²) in [6, 6.07) is 19.9. The minimum absolute atomic E-state index is 0.0927. The van der Waals surface area contributed by atoms with E-state index in [1.165, 1.54) is 6.07 Å². The molecule has 3 aromatic rings. The van der Waals surface area contributed by atoms with Gasteiger partial charge in [-0.3, -0.25) is 9.69 Å². The van der Waals surface area contributed by atoms with Gasteiger partial charge >= 0.3 is 0 Å². The van der Waals surface area contributed by atoms with Crippen LogP contribution in [0.25, 0.3) is 0 Å². The Kier molecular flexibility index (Phi) is 4.74. The third-order valence-electron chi connectivity index (χ3n) is 4.86. The fourth-order valence-electron chi connectivity index (χ4n) is 3.44. The Morgan fingerprint density at radius 1 is 1.07 bits per heavy atom. The predicted molar refractivity (Wildman–Crippen MR) is 108 cm³/mol. The number of hydrogen-bond donors (Lipinski definition) is 1. The zero-order valence-corrected chi connectivity index (χ0v) is 15.8. The van der Waals surface area contributed by atoms with Gasteiger partial charge in [-0.25, -0.2) is 4.39 Å². The molecule has 1 atom stereocenters. The van der Waals surface area contributed by atoms with Crippen molar-refractivity contribution < 1.29 is 13.9 Å². The first-order valence-corrected chi connectivity index (χ1v) is 9.26. The summed E-state index contributed by atoms with van der Waals surface area (Å²) in [4.78, 5) is 14.8. The Labute approximate surface area is 163 Å². The van der Waals surface area contributed by atoms with Crippen LogP contribution in [0.1, 0.15) is 34.6 Å². The van der Waals surface area contributed by atoms with Gasteiger partial charge in [0.05, 0.1) is 6.61 Å². The second-order valence-electron chi connectivity index (χ2n) is 6.70. The summed E-state index contributed by atoms with van der Waals surface area (Å²) < 4.78 is 19.5. The molecule has 3 aromatic carbocycles. The van der Waals surface area contributed by atoms with E-state index < -0.39 is 6.17 Å². The summed E-state index contributed by atoms with van der Waals surface area (Å²) in [5.74, 6) is 0.376. The standard InChI is InChI=1S/C23H21FN2O2/c1-3-28-18-12-10-17(11-13-18)26-22(19-6-4-5-7-20(19)23(26)27)25-16-9-8-15(2)21(24)14-16/h4-14,22,25H,3H2,1-2H3/t22-/m1/s1. The summed E-state index contributed by atoms with van der Waals surface area (Å²) in [5.41, 5.74) is 3.45. The minimum Gasteiger partial charge on any atom is -0.494 e. The molecule has 5 heteroatoms. The van der Waals surface area contributed by atoms with Crippen molar-refractivity contribution in [2.45, 2.75) is 20.0 Å². The molecular formula is C23H21FN2O2. The van der Waals surface area contributed by atoms with Crippen molar-refractivity contribution in [2.75, 3.05) is 16.8 Å². The van der Waals surface area contributed by atoms with Crippen molar-refractivity contribution in [3.8, 4) is 5.75 Å². The lowest BCUT2D eigenvalue weighted by molar-refractivity contribution is 0.0993. The molecule has 0 fully saturated rings. The molecule has 0 aliphatic carbocycles. The number of rotatable bonds is 5. The molecule has 4 rings (SSSR count). The van der Waals surface area contributed by atoms with Crippen molar-refractivity contribution in [3.63, 3.8) is 0 Å². The van der Waals surface area contributed by atoms with Gasteiger partial charge in [-0.2, -0.15) is 0 Å². The highest BCUT2D eigenvalue weighted by Crippen LogP contribution is 2.38. The van der Waals surface area contributed by atoms with Crippen molar-refractivity contribution in [1.29, 1.82) is 0 Å². The summed E-state index contributed by atoms with van der Waals surface area (Å²) in [5, 5.41) is 3.32. The van der Waals surface area contributed by atoms with E-state index in [9.17, 15) is 9.18 Å². The van der Waals surface area contributed by atoms with E-state index in [4.69, 9.17) is 4.74 Å². The number of carbonyl (C=O) groups is 1. The molecule has 0 saturated carbocycles. The van der Waals surface area contributed by atoms with E-state index in [1.54, 1.807) is 17.9 Å². The molecule has 0 spiro atoms. The van der Waals surface area contributed by atoms with Gasteiger partial charge in [-0.05, 0) is 61.9 Å². The monoisotopic (exact) mass is 376 g/mol. The van der Waals surface area contributed by atoms with Crippen LogP contribution < -0.4 is 15.0 Å². The van der Waals surface area contributed by atoms with Crippen LogP contribution in [0, 0.1) is 12.7 Å². The Balaban J connectivity index is 1.72. The average molecular weight is 376 g/mol. The number of anilines is 2. The number of halogens is 1. The van der Waals surface area contributed by atoms with Gasteiger partial charge in [0.2, 0.25) is 0 Å². The van der Waals surface area contributed by atoms with Crippen molar-refractivity contribution in [2.24, 2.45) is 0 Å². The van der Waals surface area contributed by atoms with E-state index in [0.717, 1.165) is 17.0 Å². The number of nitrogens with zero attached hydrogens (tertiary/aromatic N) is 1. The lowest BCUT2D eigenvalue weighted by atomic mass is 10.1. The second kappa shape index (κ2) is 7.35. The zero-order chi connectivity index (χ0) is 19.7. The molecule has 1 heterocycles. The smallest absolute Gasteiger partial charge is 0.260 e. The zero-order valence-electron chi connectivity index (χ0n) is 15.8. The third-order valence-corrected chi connectivity index (χ3v) is 4.86. The Bertz CT molecular complexity index is 1020. The summed E-state index contributed by atoms with van der Waals surface area (Å²) in [6.45, 7) is 4.23. The van der Waals surface area contributed by atoms with Crippen LogP contribution in [-0.4, -0.2) is 12.5 Å². The number of carbonyl (C=O) groups excluding carboxylic acids is 1. The third kappa shape index (κ3) is 3.20. The van der Waals surface area contributed by atoms with E-state index >= 15 is 0 Å². The summed E-state index contributed by atoms with van der Waals surface area (Å²) in [6.07, 6.45) is -0.427. The van der Waals surface area contributed by atoms with Crippen molar-refractivity contribution in [1.82, 2.24) is 0 Å². The molecule has 1 aliphatic heterocycles. The fraction of sp³-hybridized carbons (Fsp3) is 0.174. The van der Waals surface area contributed by atoms with Crippen LogP contribution in [0.4, 0.5) is 15.8 Å². The molecular weight excluding hydrogens is 355 g/mol. The summed E-state index contributed by atoms with van der Waals surface area (Å²) in [7, 11) is 0. The number of fused-ring (bicyclic) bond motifs is 1. The van der Waals surface area contributed by atoms with Crippen LogP contribution in [0.5, 0.6) is 5.75 Å². The molecule has 0 unspecified atom stereocenters. The molecule has 0 bridgehead atoms. The molecule has 0 aromatic heterocycles. The Morgan fingerprint density at radius 2 is 1.82 bits per heavy atom. The van der Waals surface area contributed by atoms with E-state index in [-0.39, 0.29) is 11.7 Å². The number of aryl methyl sites for hydroxylation is 1. The van der Waals surface area contributed by atoms with Gasteiger partial charge in [-0.15, -0.1) is 0 Å². The van der Waals surface area contributed by atoms with Crippen molar-refractivity contribution >= 4 is 17.3 Å². The first kappa shape index (κ1) is 18.0. The Hall–Kier alpha value is -3.34. The molecule has 0 radical (unpaired) electrons. The first-order chi connectivity index (χ1) is 13.6. The number of ether oxygens (including phenoxy) is 1. The van der Waals surface area contributed by atoms with Crippen LogP contribution in [0.2, 0.25) is 0 Å². The maximum absolute atomic E-state index is 14.0. The van der Waals surface area contributed by atoms with Crippen LogP contribution in [0.15, 0.2) is 66.7 Å². The summed E-state index contributed by atoms with van der Waals surface area (Å²) >= 11 is 0. The van der Waals surface area contributed by atoms with Crippen LogP contribution in [0.3, 0.4) is 0 Å². The highest BCUT2D eigenvalue weighted by Gasteiger charge is 2.37. The van der Waals surface area contributed by atoms with E-state index in [1.807, 2.05) is 61.5 Å². The maximum atomic E-state index is 14.0. The molecule has 28 heavy (non-hydrogen) atoms. The molecule has 4 nitrogen and oxygen atoms in total. The van der Waals surface area contributed by atoms with Gasteiger partial charge in [-0.1, -0.05) is 24.3 Å². The Morgan fingerprint density at radius 3 is 2.54 bits per heavy atom. The maximum Gasteiger partial charge on any atom is 0.260 e. The van der Waals surface area contributed by atoms with E-state index in [0.29, 0.717) is 23.4 Å². The molecule has 1 N–H and O–H groups in total. The average Bonchev–Trinajstić information content (AvgIpc) is 2.98. The molecule has 0 saturated heterocycles. The quantitative estimate of drug-likeness (QED) is 0.657. The van der Waals surface area contributed by atoms with Crippen LogP contribution >= 0.6 is 0 Å². The number of hydrogen-bond acceptors (Lipinski definition) is 3. The predicted octanol–water partition coefficient (Wildman–Crippen LogP) is 5.30. The van der Waals surface area contributed by atoms with Gasteiger partial charge in [0.1, 0.15) is 17.7 Å². The highest BCUT2D eigenvalue weighted by molar-refractivity contribution is 6.11. The normalized spacial score (nSPS) is 15.5. The van der Waals surface area contributed by atoms with Gasteiger partial charge in [0.15, 0.2) is 0 Å². The first-order valence-electron chi connectivity index (χ1n) is 9.26. The topological polar surface area (TPSA) is 41.6 Å². The molecule has 142 valence electrons. The number of benzene rings is 3. The highest BCUT2D eigenvalue weighted by atomic mass is 19.1. The van der Waals surface area contributed by atoms with Crippen molar-refractivity contribution in [3.05, 3.63) is 89.2 Å². The van der Waals surface area contributed by atoms with Gasteiger partial charge in [0.25, 0.3) is 5.91 Å². The fourth-order valence-corrected chi connectivity index (χ4v) is 3.44. The largest absolute Gasteiger partial charge is 0.494 e.